The molecule has 0 unspecified atom stereocenters. The zero-order valence-corrected chi connectivity index (χ0v) is 44.3. The number of phenols is 2. The topological polar surface area (TPSA) is 312 Å². The van der Waals surface area contributed by atoms with E-state index in [-0.39, 0.29) is 143 Å². The van der Waals surface area contributed by atoms with Gasteiger partial charge in [0.1, 0.15) is 23.4 Å². The number of carboxylic acids is 3. The molecular weight excluding hydrogens is 1150 g/mol. The van der Waals surface area contributed by atoms with Crippen molar-refractivity contribution in [3.63, 3.8) is 0 Å². The van der Waals surface area contributed by atoms with Crippen LogP contribution in [0.15, 0.2) is 41.2 Å². The molecule has 2 amide bonds. The first kappa shape index (κ1) is 62.6. The van der Waals surface area contributed by atoms with Crippen LogP contribution in [-0.2, 0) is 42.9 Å². The summed E-state index contributed by atoms with van der Waals surface area (Å²) in [5.41, 5.74) is 0.924. The number of carbonyl (C=O) groups is 5. The summed E-state index contributed by atoms with van der Waals surface area (Å²) in [4.78, 5) is 81.7. The summed E-state index contributed by atoms with van der Waals surface area (Å²) in [7, 11) is 0. The number of ether oxygens (including phenoxy) is 5. The second kappa shape index (κ2) is 33.3. The molecule has 0 bridgehead atoms. The zero-order valence-electron chi connectivity index (χ0n) is 42.6. The van der Waals surface area contributed by atoms with Crippen LogP contribution in [0.5, 0.6) is 17.2 Å². The number of aromatic nitrogens is 3. The molecule has 2 fully saturated rings. The van der Waals surface area contributed by atoms with Gasteiger partial charge >= 0.3 is 23.6 Å². The third-order valence-electron chi connectivity index (χ3n) is 12.4. The summed E-state index contributed by atoms with van der Waals surface area (Å²) in [6.45, 7) is 9.39. The fraction of sp³-hybridized carbons (Fsp3) is 0.612. The number of aliphatic carboxylic acids is 3. The molecule has 0 saturated carbocycles. The maximum Gasteiger partial charge on any atom is 0.348 e. The van der Waals surface area contributed by atoms with Gasteiger partial charge in [0.15, 0.2) is 5.82 Å². The molecule has 75 heavy (non-hydrogen) atoms. The first-order valence-corrected chi connectivity index (χ1v) is 25.0. The van der Waals surface area contributed by atoms with Crippen LogP contribution in [0.25, 0.3) is 17.1 Å². The molecule has 2 aliphatic rings. The Morgan fingerprint density at radius 2 is 1.12 bits per heavy atom. The van der Waals surface area contributed by atoms with E-state index in [4.69, 9.17) is 23.7 Å². The molecule has 2 saturated heterocycles. The average Bonchev–Trinajstić information content (AvgIpc) is 3.73. The molecule has 25 nitrogen and oxygen atoms in total. The number of carbonyl (C=O) groups excluding carboxylic acids is 2. The van der Waals surface area contributed by atoms with Gasteiger partial charge in [0.2, 0.25) is 11.8 Å². The van der Waals surface area contributed by atoms with E-state index in [0.717, 1.165) is 0 Å². The molecular formula is C49H73LuN9O16. The van der Waals surface area contributed by atoms with Gasteiger partial charge in [-0.25, -0.2) is 14.5 Å². The van der Waals surface area contributed by atoms with E-state index in [1.807, 2.05) is 23.6 Å². The third-order valence-corrected chi connectivity index (χ3v) is 12.4. The monoisotopic (exact) mass is 1220 g/mol. The first-order chi connectivity index (χ1) is 35.6. The maximum atomic E-state index is 12.9. The third kappa shape index (κ3) is 22.3. The Kier molecular flexibility index (Phi) is 27.7. The van der Waals surface area contributed by atoms with Crippen molar-refractivity contribution in [3.05, 3.63) is 52.4 Å². The quantitative estimate of drug-likeness (QED) is 0.0477. The SMILES string of the molecule is CC(C)c1cc(-c2n[nH]c(=O)n2-c2ccc(OC3CCN(C(=O)CCOCCOCCOCCOCCNC(=O)CN4CCN(CC(=O)O)CCN(CC(=O)O)CCN(CC(=O)O)CC4)CC3)cc2)c(O)cc1O.[Lu]. The Labute approximate surface area is 464 Å². The Bertz CT molecular complexity index is 2280. The Morgan fingerprint density at radius 3 is 1.60 bits per heavy atom. The molecule has 425 valence electrons. The van der Waals surface area contributed by atoms with Gasteiger partial charge in [0, 0.05) is 128 Å². The summed E-state index contributed by atoms with van der Waals surface area (Å²) < 4.78 is 29.8. The Morgan fingerprint density at radius 1 is 0.653 bits per heavy atom. The molecule has 7 N–H and O–H groups in total. The van der Waals surface area contributed by atoms with Gasteiger partial charge in [-0.15, -0.1) is 0 Å². The molecule has 5 rings (SSSR count). The fourth-order valence-corrected chi connectivity index (χ4v) is 8.43. The van der Waals surface area contributed by atoms with Gasteiger partial charge < -0.3 is 59.4 Å². The second-order valence-corrected chi connectivity index (χ2v) is 18.3. The van der Waals surface area contributed by atoms with Crippen molar-refractivity contribution < 1.29 is 110 Å². The number of hydrogen-bond donors (Lipinski definition) is 7. The normalized spacial score (nSPS) is 16.0. The number of piperidine rings is 1. The first-order valence-electron chi connectivity index (χ1n) is 25.0. The van der Waals surface area contributed by atoms with Crippen molar-refractivity contribution in [1.29, 1.82) is 0 Å². The number of nitrogens with zero attached hydrogens (tertiary/aromatic N) is 7. The minimum absolute atomic E-state index is 0. The van der Waals surface area contributed by atoms with Crippen LogP contribution in [0, 0.1) is 36.9 Å². The van der Waals surface area contributed by atoms with Crippen molar-refractivity contribution >= 4 is 29.7 Å². The molecule has 3 aromatic rings. The van der Waals surface area contributed by atoms with E-state index in [2.05, 4.69) is 15.5 Å². The average molecular weight is 1220 g/mol. The van der Waals surface area contributed by atoms with Crippen LogP contribution < -0.4 is 15.7 Å². The van der Waals surface area contributed by atoms with Gasteiger partial charge in [-0.3, -0.25) is 43.6 Å². The predicted molar refractivity (Wildman–Crippen MR) is 267 cm³/mol. The van der Waals surface area contributed by atoms with Crippen molar-refractivity contribution in [3.8, 4) is 34.3 Å². The number of phenolic OH excluding ortho intramolecular Hbond substituents is 2. The number of rotatable bonds is 28. The van der Waals surface area contributed by atoms with Gasteiger partial charge in [-0.1, -0.05) is 13.8 Å². The number of likely N-dealkylation sites (tertiary alicyclic amines) is 1. The number of H-pyrrole nitrogens is 1. The molecule has 0 aliphatic carbocycles. The second-order valence-electron chi connectivity index (χ2n) is 18.3. The van der Waals surface area contributed by atoms with Crippen LogP contribution in [0.3, 0.4) is 0 Å². The van der Waals surface area contributed by atoms with Crippen LogP contribution in [0.2, 0.25) is 0 Å². The van der Waals surface area contributed by atoms with Crippen LogP contribution >= 0.6 is 0 Å². The molecule has 1 aromatic heterocycles. The number of amides is 2. The summed E-state index contributed by atoms with van der Waals surface area (Å²) in [5, 5.41) is 58.5. The number of nitrogens with one attached hydrogen (secondary N) is 2. The smallest absolute Gasteiger partial charge is 0.348 e. The van der Waals surface area contributed by atoms with E-state index in [0.29, 0.717) is 127 Å². The molecule has 2 aromatic carbocycles. The van der Waals surface area contributed by atoms with Gasteiger partial charge in [0.05, 0.1) is 96.7 Å². The summed E-state index contributed by atoms with van der Waals surface area (Å²) in [6, 6.07) is 9.84. The van der Waals surface area contributed by atoms with Gasteiger partial charge in [-0.2, -0.15) is 5.10 Å². The van der Waals surface area contributed by atoms with Crippen molar-refractivity contribution in [2.45, 2.75) is 45.1 Å². The zero-order chi connectivity index (χ0) is 53.4. The van der Waals surface area contributed by atoms with E-state index < -0.39 is 23.6 Å². The molecule has 0 atom stereocenters. The van der Waals surface area contributed by atoms with Crippen LogP contribution in [0.4, 0.5) is 0 Å². The van der Waals surface area contributed by atoms with Gasteiger partial charge in [0.25, 0.3) is 0 Å². The number of benzene rings is 2. The van der Waals surface area contributed by atoms with Crippen molar-refractivity contribution in [2.75, 3.05) is 151 Å². The molecule has 1 radical (unpaired) electrons. The minimum Gasteiger partial charge on any atom is -0.508 e. The number of aromatic hydroxyl groups is 2. The number of hydrogen-bond acceptors (Lipinski definition) is 18. The van der Waals surface area contributed by atoms with Gasteiger partial charge in [-0.05, 0) is 41.8 Å². The fourth-order valence-electron chi connectivity index (χ4n) is 8.43. The van der Waals surface area contributed by atoms with E-state index in [1.165, 1.54) is 10.6 Å². The number of carboxylic acid groups (broad SMARTS) is 3. The molecule has 0 spiro atoms. The van der Waals surface area contributed by atoms with Crippen molar-refractivity contribution in [1.82, 2.24) is 44.6 Å². The minimum atomic E-state index is -1.03. The Hall–Kier alpha value is -4.96. The maximum absolute atomic E-state index is 12.9. The van der Waals surface area contributed by atoms with Crippen LogP contribution in [0.1, 0.15) is 44.6 Å². The molecule has 2 aliphatic heterocycles. The van der Waals surface area contributed by atoms with Crippen molar-refractivity contribution in [2.24, 2.45) is 0 Å². The molecule has 26 heteroatoms. The van der Waals surface area contributed by atoms with E-state index in [1.54, 1.807) is 45.0 Å². The largest absolute Gasteiger partial charge is 0.508 e. The predicted octanol–water partition coefficient (Wildman–Crippen LogP) is 0.180. The summed E-state index contributed by atoms with van der Waals surface area (Å²) in [5.74, 6) is -2.81. The van der Waals surface area contributed by atoms with E-state index in [9.17, 15) is 54.3 Å². The van der Waals surface area contributed by atoms with E-state index >= 15 is 0 Å². The molecule has 3 heterocycles. The number of aromatic amines is 1. The standard InChI is InChI=1S/C49H73N9O16.Lu/c1-35(2)39-29-40(42(60)30-41(39)59)48-51-52-49(69)58(48)36-3-5-37(6-4-36)74-38-7-11-57(12-8-38)44(62)9-21-70-23-25-72-27-28-73-26-24-71-22-10-50-43(61)31-53-13-15-54(32-45(63)64)17-19-56(34-47(67)68)20-18-55(16-14-53)33-46(65)66;/h3-6,29-30,35,38,59-60H,7-28,31-34H2,1-2H3,(H,50,61)(H,52,69)(H,63,64)(H,65,66)(H,67,68);. The summed E-state index contributed by atoms with van der Waals surface area (Å²) >= 11 is 0. The summed E-state index contributed by atoms with van der Waals surface area (Å²) in [6.07, 6.45) is 1.46. The Balaban J connectivity index is 0.0000122. The van der Waals surface area contributed by atoms with Crippen LogP contribution in [-0.4, -0.2) is 252 Å².